The summed E-state index contributed by atoms with van der Waals surface area (Å²) >= 11 is 0. The summed E-state index contributed by atoms with van der Waals surface area (Å²) in [6, 6.07) is 0. The molecule has 0 spiro atoms. The van der Waals surface area contributed by atoms with Crippen LogP contribution in [0.1, 0.15) is 13.3 Å². The van der Waals surface area contributed by atoms with Gasteiger partial charge in [-0.05, 0) is 6.92 Å². The second-order valence-electron chi connectivity index (χ2n) is 2.57. The van der Waals surface area contributed by atoms with Gasteiger partial charge in [0.2, 0.25) is 5.91 Å². The predicted molar refractivity (Wildman–Crippen MR) is 44.1 cm³/mol. The largest absolute Gasteiger partial charge is 0.391 e. The van der Waals surface area contributed by atoms with Crippen LogP contribution in [0.2, 0.25) is 0 Å². The van der Waals surface area contributed by atoms with E-state index in [1.807, 2.05) is 0 Å². The summed E-state index contributed by atoms with van der Waals surface area (Å²) in [6.45, 7) is 1.95. The lowest BCUT2D eigenvalue weighted by atomic mass is 10.3. The number of aliphatic hydroxyl groups is 1. The number of aliphatic hydroxyl groups excluding tert-OH is 1. The Balaban J connectivity index is 3.78. The highest BCUT2D eigenvalue weighted by atomic mass is 31.2. The van der Waals surface area contributed by atoms with Gasteiger partial charge < -0.3 is 19.6 Å². The van der Waals surface area contributed by atoms with Gasteiger partial charge in [-0.1, -0.05) is 0 Å². The summed E-state index contributed by atoms with van der Waals surface area (Å²) in [6.07, 6.45) is -1.79. The van der Waals surface area contributed by atoms with Crippen molar-refractivity contribution < 1.29 is 28.6 Å². The first-order chi connectivity index (χ1) is 5.88. The van der Waals surface area contributed by atoms with Crippen LogP contribution in [0.15, 0.2) is 0 Å². The Morgan fingerprint density at radius 3 is 2.46 bits per heavy atom. The first-order valence-electron chi connectivity index (χ1n) is 3.83. The lowest BCUT2D eigenvalue weighted by molar-refractivity contribution is 0.0298. The molecule has 0 bridgehead atoms. The maximum absolute atomic E-state index is 12.6. The molecule has 5 nitrogen and oxygen atoms in total. The molecular formula is C6H14FO5P. The highest BCUT2D eigenvalue weighted by Crippen LogP contribution is 2.44. The van der Waals surface area contributed by atoms with Crippen LogP contribution in [0.25, 0.3) is 0 Å². The molecule has 0 saturated heterocycles. The second-order valence-corrected chi connectivity index (χ2v) is 4.31. The molecule has 0 aliphatic rings. The fourth-order valence-electron chi connectivity index (χ4n) is 0.684. The Bertz CT molecular complexity index is 182. The molecule has 3 N–H and O–H groups in total. The van der Waals surface area contributed by atoms with Crippen molar-refractivity contribution in [3.63, 3.8) is 0 Å². The van der Waals surface area contributed by atoms with E-state index in [1.165, 1.54) is 0 Å². The minimum Gasteiger partial charge on any atom is -0.391 e. The van der Waals surface area contributed by atoms with Crippen LogP contribution < -0.4 is 0 Å². The first kappa shape index (κ1) is 13.0. The lowest BCUT2D eigenvalue weighted by Crippen LogP contribution is -2.20. The van der Waals surface area contributed by atoms with E-state index in [2.05, 4.69) is 0 Å². The fraction of sp³-hybridized carbons (Fsp3) is 1.00. The maximum atomic E-state index is 12.6. The molecule has 0 fully saturated rings. The minimum atomic E-state index is -4.72. The molecule has 0 aromatic rings. The molecule has 0 radical (unpaired) electrons. The van der Waals surface area contributed by atoms with Gasteiger partial charge in [-0.15, -0.1) is 0 Å². The average Bonchev–Trinajstić information content (AvgIpc) is 1.99. The zero-order valence-corrected chi connectivity index (χ0v) is 8.15. The second kappa shape index (κ2) is 5.67. The molecular weight excluding hydrogens is 202 g/mol. The Kier molecular flexibility index (Phi) is 5.67. The van der Waals surface area contributed by atoms with E-state index in [1.54, 1.807) is 6.92 Å². The first-order valence-corrected chi connectivity index (χ1v) is 5.51. The van der Waals surface area contributed by atoms with Gasteiger partial charge in [0.25, 0.3) is 0 Å². The molecule has 0 aliphatic carbocycles. The van der Waals surface area contributed by atoms with Crippen molar-refractivity contribution in [3.8, 4) is 0 Å². The van der Waals surface area contributed by atoms with Crippen molar-refractivity contribution in [2.75, 3.05) is 13.2 Å². The van der Waals surface area contributed by atoms with E-state index in [0.717, 1.165) is 0 Å². The number of rotatable bonds is 6. The average molecular weight is 216 g/mol. The number of alkyl halides is 1. The van der Waals surface area contributed by atoms with Crippen LogP contribution in [-0.2, 0) is 9.30 Å². The summed E-state index contributed by atoms with van der Waals surface area (Å²) in [7, 11) is -4.72. The zero-order valence-electron chi connectivity index (χ0n) is 7.26. The van der Waals surface area contributed by atoms with E-state index < -0.39 is 26.0 Å². The van der Waals surface area contributed by atoms with E-state index in [4.69, 9.17) is 19.6 Å². The summed E-state index contributed by atoms with van der Waals surface area (Å²) in [5, 5.41) is 9.01. The SMILES string of the molecule is CCOC[C@@H](O)CC(F)P(=O)(O)O. The van der Waals surface area contributed by atoms with Crippen LogP contribution in [-0.4, -0.2) is 40.1 Å². The van der Waals surface area contributed by atoms with Crippen LogP contribution >= 0.6 is 7.60 Å². The highest BCUT2D eigenvalue weighted by molar-refractivity contribution is 7.52. The molecule has 2 atom stereocenters. The molecule has 80 valence electrons. The van der Waals surface area contributed by atoms with Crippen molar-refractivity contribution in [1.82, 2.24) is 0 Å². The normalized spacial score (nSPS) is 17.0. The van der Waals surface area contributed by atoms with Crippen molar-refractivity contribution >= 4 is 7.60 Å². The summed E-state index contributed by atoms with van der Waals surface area (Å²) in [5.74, 6) is -2.32. The van der Waals surface area contributed by atoms with E-state index in [0.29, 0.717) is 6.61 Å². The van der Waals surface area contributed by atoms with E-state index >= 15 is 0 Å². The van der Waals surface area contributed by atoms with Crippen molar-refractivity contribution in [2.24, 2.45) is 0 Å². The minimum absolute atomic E-state index is 0.114. The number of hydrogen-bond donors (Lipinski definition) is 3. The molecule has 0 saturated carbocycles. The maximum Gasteiger partial charge on any atom is 0.359 e. The van der Waals surface area contributed by atoms with Gasteiger partial charge in [0, 0.05) is 13.0 Å². The van der Waals surface area contributed by atoms with Gasteiger partial charge >= 0.3 is 7.60 Å². The van der Waals surface area contributed by atoms with Crippen LogP contribution in [0.4, 0.5) is 4.39 Å². The van der Waals surface area contributed by atoms with Crippen molar-refractivity contribution in [2.45, 2.75) is 25.4 Å². The quantitative estimate of drug-likeness (QED) is 0.554. The van der Waals surface area contributed by atoms with Crippen molar-refractivity contribution in [1.29, 1.82) is 0 Å². The molecule has 1 unspecified atom stereocenters. The van der Waals surface area contributed by atoms with Gasteiger partial charge in [-0.2, -0.15) is 0 Å². The fourth-order valence-corrected chi connectivity index (χ4v) is 1.20. The van der Waals surface area contributed by atoms with Crippen molar-refractivity contribution in [3.05, 3.63) is 0 Å². The van der Waals surface area contributed by atoms with Crippen LogP contribution in [0.3, 0.4) is 0 Å². The third kappa shape index (κ3) is 6.12. The molecule has 0 heterocycles. The topological polar surface area (TPSA) is 87.0 Å². The molecule has 0 aromatic carbocycles. The zero-order chi connectivity index (χ0) is 10.5. The lowest BCUT2D eigenvalue weighted by Gasteiger charge is -2.14. The summed E-state index contributed by atoms with van der Waals surface area (Å²) in [5.41, 5.74) is 0. The van der Waals surface area contributed by atoms with E-state index in [-0.39, 0.29) is 6.61 Å². The third-order valence-electron chi connectivity index (χ3n) is 1.35. The summed E-state index contributed by atoms with van der Waals surface area (Å²) < 4.78 is 27.7. The van der Waals surface area contributed by atoms with Crippen LogP contribution in [0.5, 0.6) is 0 Å². The molecule has 0 aliphatic heterocycles. The number of hydrogen-bond acceptors (Lipinski definition) is 3. The van der Waals surface area contributed by atoms with Gasteiger partial charge in [-0.25, -0.2) is 4.39 Å². The van der Waals surface area contributed by atoms with Gasteiger partial charge in [-0.3, -0.25) is 4.57 Å². The highest BCUT2D eigenvalue weighted by Gasteiger charge is 2.30. The monoisotopic (exact) mass is 216 g/mol. The van der Waals surface area contributed by atoms with Gasteiger partial charge in [0.1, 0.15) is 0 Å². The molecule has 7 heteroatoms. The van der Waals surface area contributed by atoms with Gasteiger partial charge in [0.05, 0.1) is 12.7 Å². The van der Waals surface area contributed by atoms with E-state index in [9.17, 15) is 8.96 Å². The standard InChI is InChI=1S/C6H14FO5P/c1-2-12-4-5(8)3-6(7)13(9,10)11/h5-6,8H,2-4H2,1H3,(H2,9,10,11)/t5-,6?/m0/s1. The Hall–Kier alpha value is -0.0000000000000000416. The Morgan fingerprint density at radius 1 is 1.54 bits per heavy atom. The van der Waals surface area contributed by atoms with Crippen LogP contribution in [0, 0.1) is 0 Å². The molecule has 0 aromatic heterocycles. The smallest absolute Gasteiger partial charge is 0.359 e. The third-order valence-corrected chi connectivity index (χ3v) is 2.29. The summed E-state index contributed by atoms with van der Waals surface area (Å²) in [4.78, 5) is 16.7. The Morgan fingerprint density at radius 2 is 2.08 bits per heavy atom. The van der Waals surface area contributed by atoms with Gasteiger partial charge in [0.15, 0.2) is 0 Å². The molecule has 13 heavy (non-hydrogen) atoms. The number of halogens is 1. The predicted octanol–water partition coefficient (Wildman–Crippen LogP) is 0.247. The molecule has 0 amide bonds. The number of ether oxygens (including phenoxy) is 1. The molecule has 0 rings (SSSR count). The Labute approximate surface area is 75.7 Å².